The van der Waals surface area contributed by atoms with E-state index in [-0.39, 0.29) is 5.91 Å². The van der Waals surface area contributed by atoms with Crippen LogP contribution in [0.5, 0.6) is 0 Å². The van der Waals surface area contributed by atoms with E-state index in [1.807, 2.05) is 77.6 Å². The Bertz CT molecular complexity index is 1030. The Hall–Kier alpha value is -3.47. The number of rotatable bonds is 5. The quantitative estimate of drug-likeness (QED) is 0.603. The summed E-state index contributed by atoms with van der Waals surface area (Å²) in [6.07, 6.45) is 3.65. The molecule has 0 aliphatic carbocycles. The smallest absolute Gasteiger partial charge is 0.251 e. The number of benzene rings is 2. The topological polar surface area (TPSA) is 59.8 Å². The monoisotopic (exact) mass is 342 g/mol. The number of carbonyl (C=O) groups excluding carboxylic acids is 1. The molecule has 4 aromatic rings. The Kier molecular flexibility index (Phi) is 4.43. The van der Waals surface area contributed by atoms with Crippen molar-refractivity contribution < 1.29 is 4.79 Å². The lowest BCUT2D eigenvalue weighted by atomic mass is 10.0. The molecule has 26 heavy (non-hydrogen) atoms. The molecule has 0 bridgehead atoms. The third-order valence-corrected chi connectivity index (χ3v) is 4.23. The SMILES string of the molecule is O=C(NCCn1ccc(-c2ccccn2)n1)c1cccc2ccccc12. The van der Waals surface area contributed by atoms with Gasteiger partial charge in [0.05, 0.1) is 12.2 Å². The van der Waals surface area contributed by atoms with Crippen molar-refractivity contribution in [1.82, 2.24) is 20.1 Å². The molecule has 4 rings (SSSR count). The highest BCUT2D eigenvalue weighted by Crippen LogP contribution is 2.18. The van der Waals surface area contributed by atoms with Crippen molar-refractivity contribution >= 4 is 16.7 Å². The molecule has 128 valence electrons. The van der Waals surface area contributed by atoms with Crippen LogP contribution in [0, 0.1) is 0 Å². The zero-order valence-electron chi connectivity index (χ0n) is 14.2. The highest BCUT2D eigenvalue weighted by molar-refractivity contribution is 6.06. The van der Waals surface area contributed by atoms with Gasteiger partial charge >= 0.3 is 0 Å². The molecule has 0 saturated heterocycles. The molecule has 2 heterocycles. The minimum Gasteiger partial charge on any atom is -0.350 e. The predicted octanol–water partition coefficient (Wildman–Crippen LogP) is 3.53. The van der Waals surface area contributed by atoms with Crippen LogP contribution in [0.25, 0.3) is 22.2 Å². The van der Waals surface area contributed by atoms with E-state index in [2.05, 4.69) is 15.4 Å². The molecule has 0 saturated carbocycles. The van der Waals surface area contributed by atoms with Gasteiger partial charge in [-0.1, -0.05) is 42.5 Å². The molecule has 0 fully saturated rings. The van der Waals surface area contributed by atoms with Gasteiger partial charge in [-0.05, 0) is 35.0 Å². The molecule has 0 atom stereocenters. The fourth-order valence-electron chi connectivity index (χ4n) is 2.94. The number of nitrogens with one attached hydrogen (secondary N) is 1. The van der Waals surface area contributed by atoms with Gasteiger partial charge in [0.15, 0.2) is 0 Å². The lowest BCUT2D eigenvalue weighted by Crippen LogP contribution is -2.27. The van der Waals surface area contributed by atoms with E-state index in [1.54, 1.807) is 6.20 Å². The Morgan fingerprint density at radius 1 is 0.923 bits per heavy atom. The maximum atomic E-state index is 12.5. The molecule has 0 aliphatic heterocycles. The van der Waals surface area contributed by atoms with E-state index < -0.39 is 0 Å². The van der Waals surface area contributed by atoms with E-state index in [9.17, 15) is 4.79 Å². The second-order valence-corrected chi connectivity index (χ2v) is 5.96. The summed E-state index contributed by atoms with van der Waals surface area (Å²) in [6.45, 7) is 1.11. The number of hydrogen-bond donors (Lipinski definition) is 1. The molecule has 5 nitrogen and oxygen atoms in total. The number of carbonyl (C=O) groups is 1. The van der Waals surface area contributed by atoms with Crippen molar-refractivity contribution in [2.75, 3.05) is 6.54 Å². The third-order valence-electron chi connectivity index (χ3n) is 4.23. The summed E-state index contributed by atoms with van der Waals surface area (Å²) in [5, 5.41) is 9.50. The third kappa shape index (κ3) is 3.32. The van der Waals surface area contributed by atoms with Crippen LogP contribution in [0.2, 0.25) is 0 Å². The molecule has 2 aromatic heterocycles. The van der Waals surface area contributed by atoms with Crippen molar-refractivity contribution in [3.8, 4) is 11.4 Å². The summed E-state index contributed by atoms with van der Waals surface area (Å²) in [5.41, 5.74) is 2.36. The molecule has 2 aromatic carbocycles. The van der Waals surface area contributed by atoms with Crippen molar-refractivity contribution in [2.24, 2.45) is 0 Å². The van der Waals surface area contributed by atoms with E-state index >= 15 is 0 Å². The maximum absolute atomic E-state index is 12.5. The first kappa shape index (κ1) is 16.0. The molecule has 1 amide bonds. The van der Waals surface area contributed by atoms with Crippen molar-refractivity contribution in [1.29, 1.82) is 0 Å². The Labute approximate surface area is 151 Å². The van der Waals surface area contributed by atoms with Crippen LogP contribution in [0.4, 0.5) is 0 Å². The van der Waals surface area contributed by atoms with Crippen molar-refractivity contribution in [2.45, 2.75) is 6.54 Å². The molecule has 0 unspecified atom stereocenters. The molecule has 0 aliphatic rings. The Balaban J connectivity index is 1.40. The fraction of sp³-hybridized carbons (Fsp3) is 0.0952. The van der Waals surface area contributed by atoms with Gasteiger partial charge in [-0.15, -0.1) is 0 Å². The van der Waals surface area contributed by atoms with Gasteiger partial charge in [0.2, 0.25) is 0 Å². The van der Waals surface area contributed by atoms with Gasteiger partial charge in [0.1, 0.15) is 5.69 Å². The summed E-state index contributed by atoms with van der Waals surface area (Å²) in [5.74, 6) is -0.0705. The average Bonchev–Trinajstić information content (AvgIpc) is 3.17. The van der Waals surface area contributed by atoms with Gasteiger partial charge in [-0.3, -0.25) is 14.5 Å². The first-order valence-electron chi connectivity index (χ1n) is 8.52. The minimum absolute atomic E-state index is 0.0705. The van der Waals surface area contributed by atoms with Crippen LogP contribution >= 0.6 is 0 Å². The molecular formula is C21H18N4O. The van der Waals surface area contributed by atoms with E-state index in [4.69, 9.17) is 0 Å². The van der Waals surface area contributed by atoms with E-state index in [0.717, 1.165) is 22.2 Å². The number of pyridine rings is 1. The number of nitrogens with zero attached hydrogens (tertiary/aromatic N) is 3. The molecule has 0 spiro atoms. The maximum Gasteiger partial charge on any atom is 0.251 e. The number of amides is 1. The normalized spacial score (nSPS) is 10.8. The minimum atomic E-state index is -0.0705. The van der Waals surface area contributed by atoms with E-state index in [1.165, 1.54) is 0 Å². The summed E-state index contributed by atoms with van der Waals surface area (Å²) in [4.78, 5) is 16.8. The van der Waals surface area contributed by atoms with Crippen LogP contribution in [0.3, 0.4) is 0 Å². The Morgan fingerprint density at radius 2 is 1.77 bits per heavy atom. The van der Waals surface area contributed by atoms with E-state index in [0.29, 0.717) is 18.7 Å². The molecule has 0 radical (unpaired) electrons. The fourth-order valence-corrected chi connectivity index (χ4v) is 2.94. The molecule has 5 heteroatoms. The zero-order chi connectivity index (χ0) is 17.8. The van der Waals surface area contributed by atoms with Gasteiger partial charge in [0.25, 0.3) is 5.91 Å². The van der Waals surface area contributed by atoms with Crippen LogP contribution in [0.15, 0.2) is 79.1 Å². The van der Waals surface area contributed by atoms with Crippen molar-refractivity contribution in [3.05, 3.63) is 84.7 Å². The highest BCUT2D eigenvalue weighted by Gasteiger charge is 2.09. The summed E-state index contributed by atoms with van der Waals surface area (Å²) in [6, 6.07) is 21.3. The lowest BCUT2D eigenvalue weighted by molar-refractivity contribution is 0.0953. The zero-order valence-corrected chi connectivity index (χ0v) is 14.2. The number of aromatic nitrogens is 3. The van der Waals surface area contributed by atoms with Crippen LogP contribution in [-0.2, 0) is 6.54 Å². The number of fused-ring (bicyclic) bond motifs is 1. The second-order valence-electron chi connectivity index (χ2n) is 5.96. The van der Waals surface area contributed by atoms with Crippen LogP contribution < -0.4 is 5.32 Å². The van der Waals surface area contributed by atoms with Gasteiger partial charge in [0, 0.05) is 24.5 Å². The predicted molar refractivity (Wildman–Crippen MR) is 102 cm³/mol. The average molecular weight is 342 g/mol. The van der Waals surface area contributed by atoms with Crippen molar-refractivity contribution in [3.63, 3.8) is 0 Å². The second kappa shape index (κ2) is 7.19. The standard InChI is InChI=1S/C21H18N4O/c26-21(18-9-5-7-16-6-1-2-8-17(16)18)23-13-15-25-14-11-20(24-25)19-10-3-4-12-22-19/h1-12,14H,13,15H2,(H,23,26). The summed E-state index contributed by atoms with van der Waals surface area (Å²) in [7, 11) is 0. The largest absolute Gasteiger partial charge is 0.350 e. The molecular weight excluding hydrogens is 324 g/mol. The van der Waals surface area contributed by atoms with Crippen LogP contribution in [-0.4, -0.2) is 27.2 Å². The Morgan fingerprint density at radius 3 is 2.65 bits per heavy atom. The summed E-state index contributed by atoms with van der Waals surface area (Å²) < 4.78 is 1.81. The first-order valence-corrected chi connectivity index (χ1v) is 8.52. The van der Waals surface area contributed by atoms with Crippen LogP contribution in [0.1, 0.15) is 10.4 Å². The molecule has 1 N–H and O–H groups in total. The van der Waals surface area contributed by atoms with Gasteiger partial charge in [-0.25, -0.2) is 0 Å². The number of hydrogen-bond acceptors (Lipinski definition) is 3. The summed E-state index contributed by atoms with van der Waals surface area (Å²) >= 11 is 0. The lowest BCUT2D eigenvalue weighted by Gasteiger charge is -2.08. The van der Waals surface area contributed by atoms with Gasteiger partial charge in [-0.2, -0.15) is 5.10 Å². The first-order chi connectivity index (χ1) is 12.8. The van der Waals surface area contributed by atoms with Gasteiger partial charge < -0.3 is 5.32 Å². The highest BCUT2D eigenvalue weighted by atomic mass is 16.1.